The number of carbonyl (C=O) groups is 1. The highest BCUT2D eigenvalue weighted by atomic mass is 16.5. The summed E-state index contributed by atoms with van der Waals surface area (Å²) in [5.74, 6) is -0.141. The molecule has 1 unspecified atom stereocenters. The number of ether oxygens (including phenoxy) is 2. The molecule has 1 aromatic carbocycles. The van der Waals surface area contributed by atoms with Crippen LogP contribution in [0.3, 0.4) is 0 Å². The van der Waals surface area contributed by atoms with Gasteiger partial charge in [0.15, 0.2) is 0 Å². The van der Waals surface area contributed by atoms with Crippen LogP contribution in [0, 0.1) is 0 Å². The Kier molecular flexibility index (Phi) is 6.17. The van der Waals surface area contributed by atoms with E-state index < -0.39 is 0 Å². The molecule has 0 spiro atoms. The molecule has 2 rings (SSSR count). The topological polar surface area (TPSA) is 50.8 Å². The molecule has 0 aliphatic carbocycles. The fourth-order valence-corrected chi connectivity index (χ4v) is 2.63. The number of methoxy groups -OCH3 is 1. The zero-order valence-corrected chi connectivity index (χ0v) is 12.8. The van der Waals surface area contributed by atoms with Gasteiger partial charge >= 0.3 is 5.97 Å². The van der Waals surface area contributed by atoms with Crippen LogP contribution in [0.5, 0.6) is 0 Å². The van der Waals surface area contributed by atoms with Crippen LogP contribution >= 0.6 is 0 Å². The van der Waals surface area contributed by atoms with E-state index in [1.807, 2.05) is 19.1 Å². The largest absolute Gasteiger partial charge is 0.465 e. The third-order valence-corrected chi connectivity index (χ3v) is 3.60. The number of nitrogens with one attached hydrogen (secondary N) is 1. The van der Waals surface area contributed by atoms with E-state index in [-0.39, 0.29) is 12.0 Å². The molecule has 1 atom stereocenters. The fourth-order valence-electron chi connectivity index (χ4n) is 2.63. The second kappa shape index (κ2) is 8.12. The van der Waals surface area contributed by atoms with Crippen molar-refractivity contribution in [1.29, 1.82) is 0 Å². The zero-order chi connectivity index (χ0) is 15.1. The van der Waals surface area contributed by atoms with Gasteiger partial charge in [0, 0.05) is 33.3 Å². The highest BCUT2D eigenvalue weighted by Crippen LogP contribution is 2.14. The first-order valence-electron chi connectivity index (χ1n) is 7.42. The molecule has 1 fully saturated rings. The third kappa shape index (κ3) is 4.52. The number of nitrogens with zero attached hydrogens (tertiary/aromatic N) is 1. The summed E-state index contributed by atoms with van der Waals surface area (Å²) in [6, 6.07) is 8.10. The zero-order valence-electron chi connectivity index (χ0n) is 12.8. The van der Waals surface area contributed by atoms with Crippen LogP contribution in [0.25, 0.3) is 0 Å². The van der Waals surface area contributed by atoms with Gasteiger partial charge in [0.05, 0.1) is 13.2 Å². The molecule has 1 aliphatic heterocycles. The molecular formula is C16H24N2O3. The van der Waals surface area contributed by atoms with Gasteiger partial charge in [0.2, 0.25) is 0 Å². The highest BCUT2D eigenvalue weighted by molar-refractivity contribution is 5.76. The SMILES string of the molecule is CCOC(=O)C1CNCCN1Cc1cccc(COC)c1. The Morgan fingerprint density at radius 3 is 3.00 bits per heavy atom. The maximum Gasteiger partial charge on any atom is 0.324 e. The predicted octanol–water partition coefficient (Wildman–Crippen LogP) is 1.17. The number of benzene rings is 1. The van der Waals surface area contributed by atoms with Crippen molar-refractivity contribution in [1.82, 2.24) is 10.2 Å². The number of hydrogen-bond donors (Lipinski definition) is 1. The van der Waals surface area contributed by atoms with Crippen molar-refractivity contribution in [3.8, 4) is 0 Å². The van der Waals surface area contributed by atoms with Crippen molar-refractivity contribution in [3.63, 3.8) is 0 Å². The van der Waals surface area contributed by atoms with Crippen molar-refractivity contribution in [2.45, 2.75) is 26.1 Å². The summed E-state index contributed by atoms with van der Waals surface area (Å²) in [6.45, 7) is 6.01. The summed E-state index contributed by atoms with van der Waals surface area (Å²) in [5.41, 5.74) is 2.35. The van der Waals surface area contributed by atoms with E-state index in [4.69, 9.17) is 9.47 Å². The van der Waals surface area contributed by atoms with Crippen LogP contribution in [-0.4, -0.2) is 50.3 Å². The summed E-state index contributed by atoms with van der Waals surface area (Å²) >= 11 is 0. The van der Waals surface area contributed by atoms with Gasteiger partial charge in [-0.1, -0.05) is 24.3 Å². The molecule has 5 nitrogen and oxygen atoms in total. The molecule has 0 amide bonds. The van der Waals surface area contributed by atoms with E-state index in [0.29, 0.717) is 19.8 Å². The minimum Gasteiger partial charge on any atom is -0.465 e. The summed E-state index contributed by atoms with van der Waals surface area (Å²) in [4.78, 5) is 14.2. The molecule has 1 N–H and O–H groups in total. The van der Waals surface area contributed by atoms with Crippen LogP contribution in [0.2, 0.25) is 0 Å². The Labute approximate surface area is 126 Å². The Balaban J connectivity index is 2.04. The second-order valence-electron chi connectivity index (χ2n) is 5.20. The van der Waals surface area contributed by atoms with Crippen LogP contribution < -0.4 is 5.32 Å². The van der Waals surface area contributed by atoms with E-state index in [9.17, 15) is 4.79 Å². The molecule has 1 saturated heterocycles. The summed E-state index contributed by atoms with van der Waals surface area (Å²) < 4.78 is 10.3. The van der Waals surface area contributed by atoms with Gasteiger partial charge in [-0.3, -0.25) is 9.69 Å². The minimum absolute atomic E-state index is 0.141. The number of hydrogen-bond acceptors (Lipinski definition) is 5. The number of piperazine rings is 1. The summed E-state index contributed by atoms with van der Waals surface area (Å²) in [5, 5.41) is 3.26. The van der Waals surface area contributed by atoms with Crippen LogP contribution in [0.4, 0.5) is 0 Å². The highest BCUT2D eigenvalue weighted by Gasteiger charge is 2.29. The Morgan fingerprint density at radius 1 is 1.43 bits per heavy atom. The molecule has 1 aliphatic rings. The average Bonchev–Trinajstić information content (AvgIpc) is 2.49. The van der Waals surface area contributed by atoms with E-state index in [1.165, 1.54) is 5.56 Å². The molecular weight excluding hydrogens is 268 g/mol. The van der Waals surface area contributed by atoms with Gasteiger partial charge < -0.3 is 14.8 Å². The van der Waals surface area contributed by atoms with E-state index in [1.54, 1.807) is 7.11 Å². The van der Waals surface area contributed by atoms with Crippen molar-refractivity contribution >= 4 is 5.97 Å². The molecule has 5 heteroatoms. The first-order valence-corrected chi connectivity index (χ1v) is 7.42. The van der Waals surface area contributed by atoms with Crippen LogP contribution in [-0.2, 0) is 27.4 Å². The molecule has 0 aromatic heterocycles. The molecule has 21 heavy (non-hydrogen) atoms. The van der Waals surface area contributed by atoms with Gasteiger partial charge in [-0.15, -0.1) is 0 Å². The van der Waals surface area contributed by atoms with Crippen molar-refractivity contribution in [2.75, 3.05) is 33.4 Å². The van der Waals surface area contributed by atoms with Gasteiger partial charge in [-0.25, -0.2) is 0 Å². The monoisotopic (exact) mass is 292 g/mol. The Morgan fingerprint density at radius 2 is 2.24 bits per heavy atom. The van der Waals surface area contributed by atoms with Crippen molar-refractivity contribution < 1.29 is 14.3 Å². The predicted molar refractivity (Wildman–Crippen MR) is 80.9 cm³/mol. The first-order chi connectivity index (χ1) is 10.2. The normalized spacial score (nSPS) is 19.4. The molecule has 0 bridgehead atoms. The van der Waals surface area contributed by atoms with Crippen molar-refractivity contribution in [3.05, 3.63) is 35.4 Å². The van der Waals surface area contributed by atoms with E-state index in [2.05, 4.69) is 22.3 Å². The van der Waals surface area contributed by atoms with Crippen LogP contribution in [0.15, 0.2) is 24.3 Å². The fraction of sp³-hybridized carbons (Fsp3) is 0.562. The Bertz CT molecular complexity index is 465. The maximum atomic E-state index is 12.0. The molecule has 0 radical (unpaired) electrons. The lowest BCUT2D eigenvalue weighted by atomic mass is 10.1. The summed E-state index contributed by atoms with van der Waals surface area (Å²) in [7, 11) is 1.69. The van der Waals surface area contributed by atoms with Gasteiger partial charge in [0.1, 0.15) is 6.04 Å². The lowest BCUT2D eigenvalue weighted by Gasteiger charge is -2.34. The second-order valence-corrected chi connectivity index (χ2v) is 5.20. The maximum absolute atomic E-state index is 12.0. The smallest absolute Gasteiger partial charge is 0.324 e. The Hall–Kier alpha value is -1.43. The number of rotatable bonds is 6. The lowest BCUT2D eigenvalue weighted by Crippen LogP contribution is -2.54. The van der Waals surface area contributed by atoms with Crippen molar-refractivity contribution in [2.24, 2.45) is 0 Å². The van der Waals surface area contributed by atoms with Gasteiger partial charge in [0.25, 0.3) is 0 Å². The standard InChI is InChI=1S/C16H24N2O3/c1-3-21-16(19)15-10-17-7-8-18(15)11-13-5-4-6-14(9-13)12-20-2/h4-6,9,15,17H,3,7-8,10-12H2,1-2H3. The molecule has 1 aromatic rings. The van der Waals surface area contributed by atoms with Gasteiger partial charge in [-0.05, 0) is 18.1 Å². The number of esters is 1. The minimum atomic E-state index is -0.204. The van der Waals surface area contributed by atoms with Gasteiger partial charge in [-0.2, -0.15) is 0 Å². The third-order valence-electron chi connectivity index (χ3n) is 3.60. The quantitative estimate of drug-likeness (QED) is 0.798. The molecule has 1 heterocycles. The number of carbonyl (C=O) groups excluding carboxylic acids is 1. The van der Waals surface area contributed by atoms with E-state index >= 15 is 0 Å². The molecule has 116 valence electrons. The van der Waals surface area contributed by atoms with E-state index in [0.717, 1.165) is 25.2 Å². The average molecular weight is 292 g/mol. The first kappa shape index (κ1) is 15.9. The van der Waals surface area contributed by atoms with Crippen LogP contribution in [0.1, 0.15) is 18.1 Å². The molecule has 0 saturated carbocycles. The summed E-state index contributed by atoms with van der Waals surface area (Å²) in [6.07, 6.45) is 0. The lowest BCUT2D eigenvalue weighted by molar-refractivity contribution is -0.150.